The average Bonchev–Trinajstić information content (AvgIpc) is 2.65. The van der Waals surface area contributed by atoms with Crippen molar-refractivity contribution < 1.29 is 21.6 Å². The fourth-order valence-electron chi connectivity index (χ4n) is 1.94. The maximum atomic E-state index is 13.1. The van der Waals surface area contributed by atoms with E-state index in [0.717, 1.165) is 0 Å². The second-order valence-corrected chi connectivity index (χ2v) is 15.2. The number of rotatable bonds is 3. The summed E-state index contributed by atoms with van der Waals surface area (Å²) in [6, 6.07) is 7.63. The molecule has 0 atom stereocenters. The van der Waals surface area contributed by atoms with Crippen LogP contribution in [0, 0.1) is 21.0 Å². The Morgan fingerprint density at radius 2 is 1.68 bits per heavy atom. The third-order valence-corrected chi connectivity index (χ3v) is 15.6. The van der Waals surface area contributed by atoms with E-state index in [2.05, 4.69) is 5.10 Å². The van der Waals surface area contributed by atoms with Crippen molar-refractivity contribution >= 4 is 25.4 Å². The van der Waals surface area contributed by atoms with Crippen LogP contribution in [0.4, 0.5) is 13.2 Å². The fourth-order valence-corrected chi connectivity index (χ4v) is 13.6. The molecule has 2 aromatic rings. The van der Waals surface area contributed by atoms with Gasteiger partial charge in [-0.2, -0.15) is 0 Å². The molecule has 0 saturated carbocycles. The van der Waals surface area contributed by atoms with Crippen LogP contribution in [0.25, 0.3) is 0 Å². The van der Waals surface area contributed by atoms with Crippen LogP contribution in [0.5, 0.6) is 0 Å². The number of hydrogen-bond acceptors (Lipinski definition) is 3. The molecule has 0 bridgehead atoms. The van der Waals surface area contributed by atoms with Crippen molar-refractivity contribution in [3.8, 4) is 0 Å². The molecule has 22 heavy (non-hydrogen) atoms. The minimum atomic E-state index is -5.28. The Labute approximate surface area is 132 Å². The van der Waals surface area contributed by atoms with Crippen LogP contribution in [0.15, 0.2) is 30.3 Å². The second-order valence-electron chi connectivity index (χ2n) is 4.54. The summed E-state index contributed by atoms with van der Waals surface area (Å²) in [6.07, 6.45) is 0. The van der Waals surface area contributed by atoms with Crippen molar-refractivity contribution in [1.29, 1.82) is 0 Å². The number of nitrogens with zero attached hydrogens (tertiary/aromatic N) is 2. The van der Waals surface area contributed by atoms with Crippen LogP contribution >= 0.6 is 18.4 Å². The first kappa shape index (κ1) is 17.3. The van der Waals surface area contributed by atoms with Crippen molar-refractivity contribution in [3.63, 3.8) is 0 Å². The van der Waals surface area contributed by atoms with Crippen molar-refractivity contribution in [2.75, 3.05) is 0 Å². The van der Waals surface area contributed by atoms with E-state index in [4.69, 9.17) is 0 Å². The van der Waals surface area contributed by atoms with Gasteiger partial charge in [0.05, 0.1) is 0 Å². The van der Waals surface area contributed by atoms with Crippen LogP contribution < -0.4 is 0 Å². The number of alkyl halides is 3. The molecule has 1 aromatic carbocycles. The molecule has 0 unspecified atom stereocenters. The summed E-state index contributed by atoms with van der Waals surface area (Å²) >= 11 is -3.80. The van der Waals surface area contributed by atoms with Gasteiger partial charge in [0.1, 0.15) is 0 Å². The number of aryl methyl sites for hydroxylation is 2. The Bertz CT molecular complexity index is 786. The summed E-state index contributed by atoms with van der Waals surface area (Å²) in [5.41, 5.74) is -4.48. The summed E-state index contributed by atoms with van der Waals surface area (Å²) in [6.45, 7) is 3.14. The van der Waals surface area contributed by atoms with Gasteiger partial charge in [-0.05, 0) is 0 Å². The molecule has 122 valence electrons. The van der Waals surface area contributed by atoms with Gasteiger partial charge in [0.25, 0.3) is 0 Å². The summed E-state index contributed by atoms with van der Waals surface area (Å²) < 4.78 is 65.7. The van der Waals surface area contributed by atoms with Crippen molar-refractivity contribution in [3.05, 3.63) is 48.9 Å². The van der Waals surface area contributed by atoms with Crippen LogP contribution in [-0.4, -0.2) is 23.7 Å². The SMILES string of the molecule is Cc1nn(C)c(C)c1I(c1ccccc1)S(=O)(=O)C(F)(F)F. The third kappa shape index (κ3) is 2.87. The molecule has 0 aliphatic heterocycles. The van der Waals surface area contributed by atoms with Gasteiger partial charge in [0.2, 0.25) is 0 Å². The Kier molecular flexibility index (Phi) is 4.58. The summed E-state index contributed by atoms with van der Waals surface area (Å²) in [7, 11) is -3.68. The number of halogens is 4. The second kappa shape index (κ2) is 5.84. The molecule has 0 aliphatic rings. The first-order chi connectivity index (χ1) is 10.1. The molecule has 9 heteroatoms. The molecule has 0 N–H and O–H groups in total. The molecule has 1 heterocycles. The van der Waals surface area contributed by atoms with Gasteiger partial charge in [-0.25, -0.2) is 0 Å². The van der Waals surface area contributed by atoms with E-state index < -0.39 is 31.0 Å². The molecule has 0 spiro atoms. The summed E-state index contributed by atoms with van der Waals surface area (Å²) in [4.78, 5) is 0. The van der Waals surface area contributed by atoms with Crippen LogP contribution in [-0.2, 0) is 14.1 Å². The monoisotopic (exact) mass is 446 g/mol. The molecule has 0 amide bonds. The number of benzene rings is 1. The topological polar surface area (TPSA) is 52.0 Å². The van der Waals surface area contributed by atoms with E-state index >= 15 is 0 Å². The van der Waals surface area contributed by atoms with Crippen LogP contribution in [0.1, 0.15) is 11.4 Å². The van der Waals surface area contributed by atoms with E-state index in [-0.39, 0.29) is 7.14 Å². The van der Waals surface area contributed by atoms with Gasteiger partial charge >= 0.3 is 132 Å². The average molecular weight is 446 g/mol. The van der Waals surface area contributed by atoms with Gasteiger partial charge in [-0.1, -0.05) is 0 Å². The Morgan fingerprint density at radius 1 is 1.14 bits per heavy atom. The van der Waals surface area contributed by atoms with Crippen molar-refractivity contribution in [2.24, 2.45) is 7.05 Å². The first-order valence-electron chi connectivity index (χ1n) is 6.14. The normalized spacial score (nSPS) is 13.3. The number of hydrogen-bond donors (Lipinski definition) is 0. The van der Waals surface area contributed by atoms with E-state index in [1.54, 1.807) is 39.1 Å². The van der Waals surface area contributed by atoms with Crippen LogP contribution in [0.3, 0.4) is 0 Å². The van der Waals surface area contributed by atoms with Gasteiger partial charge in [-0.3, -0.25) is 0 Å². The van der Waals surface area contributed by atoms with Gasteiger partial charge in [-0.15, -0.1) is 0 Å². The van der Waals surface area contributed by atoms with Gasteiger partial charge < -0.3 is 0 Å². The van der Waals surface area contributed by atoms with Crippen LogP contribution in [0.2, 0.25) is 0 Å². The summed E-state index contributed by atoms with van der Waals surface area (Å²) in [5, 5.41) is 4.08. The molecule has 0 saturated heterocycles. The molecule has 0 aliphatic carbocycles. The first-order valence-corrected chi connectivity index (χ1v) is 12.3. The molecule has 1 aromatic heterocycles. The van der Waals surface area contributed by atoms with Crippen molar-refractivity contribution in [2.45, 2.75) is 19.4 Å². The Morgan fingerprint density at radius 3 is 2.09 bits per heavy atom. The molecule has 0 fully saturated rings. The fraction of sp³-hybridized carbons (Fsp3) is 0.308. The molecular weight excluding hydrogens is 432 g/mol. The van der Waals surface area contributed by atoms with Gasteiger partial charge in [0, 0.05) is 0 Å². The van der Waals surface area contributed by atoms with E-state index in [0.29, 0.717) is 11.4 Å². The zero-order valence-corrected chi connectivity index (χ0v) is 15.0. The van der Waals surface area contributed by atoms with Crippen molar-refractivity contribution in [1.82, 2.24) is 9.78 Å². The zero-order valence-electron chi connectivity index (χ0n) is 12.0. The quantitative estimate of drug-likeness (QED) is 0.537. The Hall–Kier alpha value is -1.10. The predicted molar refractivity (Wildman–Crippen MR) is 85.5 cm³/mol. The third-order valence-electron chi connectivity index (χ3n) is 3.00. The molecular formula is C13H14F3IN2O2S. The molecule has 4 nitrogen and oxygen atoms in total. The standard InChI is InChI=1S/C13H14F3IN2O2S/c1-9-12(10(2)19(3)18-9)17(11-7-5-4-6-8-11)22(20,21)13(14,15)16/h4-8H,1-3H3. The van der Waals surface area contributed by atoms with E-state index in [1.165, 1.54) is 16.8 Å². The Balaban J connectivity index is 2.79. The maximum absolute atomic E-state index is 13.1. The van der Waals surface area contributed by atoms with E-state index in [9.17, 15) is 21.6 Å². The summed E-state index contributed by atoms with van der Waals surface area (Å²) in [5.74, 6) is 0. The molecule has 2 rings (SSSR count). The number of aromatic nitrogens is 2. The van der Waals surface area contributed by atoms with Gasteiger partial charge in [0.15, 0.2) is 0 Å². The molecule has 0 radical (unpaired) electrons. The predicted octanol–water partition coefficient (Wildman–Crippen LogP) is 3.43. The van der Waals surface area contributed by atoms with E-state index in [1.807, 2.05) is 0 Å². The minimum absolute atomic E-state index is 0.225. The zero-order chi connectivity index (χ0) is 16.7.